The van der Waals surface area contributed by atoms with Gasteiger partial charge in [0.25, 0.3) is 0 Å². The van der Waals surface area contributed by atoms with E-state index in [4.69, 9.17) is 0 Å². The fourth-order valence-electron chi connectivity index (χ4n) is 4.00. The Labute approximate surface area is 210 Å². The lowest BCUT2D eigenvalue weighted by atomic mass is 10.1. The van der Waals surface area contributed by atoms with Crippen LogP contribution in [0.1, 0.15) is 18.9 Å². The standard InChI is InChI=1S/C27H32FN7O/c1-6-24(36)32-22-14-18(10-11-23(22)35(5)13-12-34(3)4)31-27-30-16-21(28)26(33-27)20-15-29-25-17(2)8-7-9-19(20)25/h7-11,14-16,29H,6,12-13H2,1-5H3,(H,32,36)(H,30,31,33). The molecule has 0 radical (unpaired) electrons. The molecular weight excluding hydrogens is 457 g/mol. The molecule has 3 N–H and O–H groups in total. The molecule has 2 aromatic heterocycles. The van der Waals surface area contributed by atoms with Crippen molar-refractivity contribution in [3.8, 4) is 11.3 Å². The SMILES string of the molecule is CCC(=O)Nc1cc(Nc2ncc(F)c(-c3c[nH]c4c(C)cccc34)n2)ccc1N(C)CCN(C)C. The second-order valence-corrected chi connectivity index (χ2v) is 9.07. The molecule has 0 atom stereocenters. The number of benzene rings is 2. The first-order chi connectivity index (χ1) is 17.3. The lowest BCUT2D eigenvalue weighted by molar-refractivity contribution is -0.115. The summed E-state index contributed by atoms with van der Waals surface area (Å²) in [6.45, 7) is 5.48. The number of aromatic amines is 1. The molecule has 4 rings (SSSR count). The number of nitrogens with one attached hydrogen (secondary N) is 3. The van der Waals surface area contributed by atoms with Crippen LogP contribution in [-0.2, 0) is 4.79 Å². The van der Waals surface area contributed by atoms with E-state index in [0.29, 0.717) is 23.4 Å². The summed E-state index contributed by atoms with van der Waals surface area (Å²) in [5.41, 5.74) is 5.17. The van der Waals surface area contributed by atoms with E-state index in [0.717, 1.165) is 35.2 Å². The number of para-hydroxylation sites is 1. The van der Waals surface area contributed by atoms with Gasteiger partial charge < -0.3 is 25.4 Å². The Balaban J connectivity index is 1.65. The zero-order chi connectivity index (χ0) is 25.8. The summed E-state index contributed by atoms with van der Waals surface area (Å²) in [6, 6.07) is 11.6. The highest BCUT2D eigenvalue weighted by Gasteiger charge is 2.16. The molecule has 0 aliphatic carbocycles. The van der Waals surface area contributed by atoms with E-state index in [1.807, 2.05) is 71.4 Å². The Morgan fingerprint density at radius 3 is 2.69 bits per heavy atom. The van der Waals surface area contributed by atoms with E-state index in [-0.39, 0.29) is 17.5 Å². The van der Waals surface area contributed by atoms with Crippen molar-refractivity contribution in [3.63, 3.8) is 0 Å². The van der Waals surface area contributed by atoms with Crippen LogP contribution in [0.3, 0.4) is 0 Å². The van der Waals surface area contributed by atoms with Gasteiger partial charge in [0.05, 0.1) is 17.6 Å². The monoisotopic (exact) mass is 489 g/mol. The Bertz CT molecular complexity index is 1380. The molecule has 4 aromatic rings. The van der Waals surface area contributed by atoms with Crippen LogP contribution >= 0.6 is 0 Å². The summed E-state index contributed by atoms with van der Waals surface area (Å²) in [5.74, 6) is -0.323. The molecule has 36 heavy (non-hydrogen) atoms. The van der Waals surface area contributed by atoms with Gasteiger partial charge in [0.15, 0.2) is 5.82 Å². The van der Waals surface area contributed by atoms with E-state index in [9.17, 15) is 9.18 Å². The van der Waals surface area contributed by atoms with Crippen LogP contribution in [0.15, 0.2) is 48.8 Å². The predicted molar refractivity (Wildman–Crippen MR) is 144 cm³/mol. The number of likely N-dealkylation sites (N-methyl/N-ethyl adjacent to an activating group) is 2. The Morgan fingerprint density at radius 2 is 1.94 bits per heavy atom. The molecule has 0 spiro atoms. The zero-order valence-electron chi connectivity index (χ0n) is 21.3. The minimum Gasteiger partial charge on any atom is -0.372 e. The molecule has 1 amide bonds. The highest BCUT2D eigenvalue weighted by Crippen LogP contribution is 2.33. The van der Waals surface area contributed by atoms with Gasteiger partial charge in [0.1, 0.15) is 5.69 Å². The molecule has 0 saturated carbocycles. The van der Waals surface area contributed by atoms with Crippen LogP contribution in [0.5, 0.6) is 0 Å². The number of nitrogens with zero attached hydrogens (tertiary/aromatic N) is 4. The number of amides is 1. The first-order valence-electron chi connectivity index (χ1n) is 11.9. The Hall–Kier alpha value is -3.98. The number of fused-ring (bicyclic) bond motifs is 1. The first kappa shape index (κ1) is 25.1. The topological polar surface area (TPSA) is 89.2 Å². The average Bonchev–Trinajstić information content (AvgIpc) is 3.29. The number of anilines is 4. The minimum absolute atomic E-state index is 0.0793. The third kappa shape index (κ3) is 5.46. The van der Waals surface area contributed by atoms with Gasteiger partial charge in [-0.15, -0.1) is 0 Å². The van der Waals surface area contributed by atoms with E-state index >= 15 is 0 Å². The number of halogens is 1. The maximum atomic E-state index is 14.8. The molecule has 2 heterocycles. The number of carbonyl (C=O) groups is 1. The average molecular weight is 490 g/mol. The third-order valence-electron chi connectivity index (χ3n) is 6.06. The number of hydrogen-bond acceptors (Lipinski definition) is 6. The number of hydrogen-bond donors (Lipinski definition) is 3. The van der Waals surface area contributed by atoms with Crippen LogP contribution in [0.4, 0.5) is 27.4 Å². The summed E-state index contributed by atoms with van der Waals surface area (Å²) in [4.78, 5) is 28.3. The Morgan fingerprint density at radius 1 is 1.14 bits per heavy atom. The van der Waals surface area contributed by atoms with Gasteiger partial charge in [-0.3, -0.25) is 4.79 Å². The lowest BCUT2D eigenvalue weighted by Crippen LogP contribution is -2.29. The third-order valence-corrected chi connectivity index (χ3v) is 6.06. The fraction of sp³-hybridized carbons (Fsp3) is 0.296. The van der Waals surface area contributed by atoms with Crippen molar-refractivity contribution < 1.29 is 9.18 Å². The summed E-state index contributed by atoms with van der Waals surface area (Å²) in [5, 5.41) is 7.04. The van der Waals surface area contributed by atoms with Crippen molar-refractivity contribution in [1.82, 2.24) is 19.9 Å². The zero-order valence-corrected chi connectivity index (χ0v) is 21.3. The predicted octanol–water partition coefficient (Wildman–Crippen LogP) is 5.16. The molecular formula is C27H32FN7O. The number of H-pyrrole nitrogens is 1. The van der Waals surface area contributed by atoms with Gasteiger partial charge in [-0.2, -0.15) is 0 Å². The molecule has 0 fully saturated rings. The second-order valence-electron chi connectivity index (χ2n) is 9.07. The molecule has 8 nitrogen and oxygen atoms in total. The van der Waals surface area contributed by atoms with Crippen LogP contribution in [0.25, 0.3) is 22.2 Å². The summed E-state index contributed by atoms with van der Waals surface area (Å²) < 4.78 is 14.8. The normalized spacial score (nSPS) is 11.2. The number of rotatable bonds is 9. The van der Waals surface area contributed by atoms with Crippen molar-refractivity contribution in [2.75, 3.05) is 49.8 Å². The van der Waals surface area contributed by atoms with Crippen molar-refractivity contribution >= 4 is 39.8 Å². The maximum absolute atomic E-state index is 14.8. The molecule has 188 valence electrons. The number of carbonyl (C=O) groups excluding carboxylic acids is 1. The van der Waals surface area contributed by atoms with Crippen molar-refractivity contribution in [1.29, 1.82) is 0 Å². The van der Waals surface area contributed by atoms with Crippen molar-refractivity contribution in [3.05, 3.63) is 60.2 Å². The maximum Gasteiger partial charge on any atom is 0.227 e. The summed E-state index contributed by atoms with van der Waals surface area (Å²) >= 11 is 0. The van der Waals surface area contributed by atoms with Crippen molar-refractivity contribution in [2.24, 2.45) is 0 Å². The molecule has 2 aromatic carbocycles. The molecule has 0 bridgehead atoms. The highest BCUT2D eigenvalue weighted by atomic mass is 19.1. The number of aryl methyl sites for hydroxylation is 1. The van der Waals surface area contributed by atoms with Gasteiger partial charge in [-0.1, -0.05) is 25.1 Å². The minimum atomic E-state index is -0.503. The molecule has 9 heteroatoms. The van der Waals surface area contributed by atoms with Gasteiger partial charge in [-0.25, -0.2) is 14.4 Å². The van der Waals surface area contributed by atoms with Gasteiger partial charge >= 0.3 is 0 Å². The Kier molecular flexibility index (Phi) is 7.49. The van der Waals surface area contributed by atoms with Crippen LogP contribution < -0.4 is 15.5 Å². The van der Waals surface area contributed by atoms with E-state index in [1.165, 1.54) is 6.20 Å². The van der Waals surface area contributed by atoms with Gasteiger partial charge in [0.2, 0.25) is 11.9 Å². The number of aromatic nitrogens is 3. The smallest absolute Gasteiger partial charge is 0.227 e. The molecule has 0 aliphatic rings. The van der Waals surface area contributed by atoms with Gasteiger partial charge in [-0.05, 0) is 44.8 Å². The van der Waals surface area contributed by atoms with E-state index < -0.39 is 5.82 Å². The first-order valence-corrected chi connectivity index (χ1v) is 11.9. The molecule has 0 aliphatic heterocycles. The van der Waals surface area contributed by atoms with E-state index in [1.54, 1.807) is 6.20 Å². The fourth-order valence-corrected chi connectivity index (χ4v) is 4.00. The quantitative estimate of drug-likeness (QED) is 0.301. The van der Waals surface area contributed by atoms with Crippen LogP contribution in [0, 0.1) is 12.7 Å². The lowest BCUT2D eigenvalue weighted by Gasteiger charge is -2.25. The largest absolute Gasteiger partial charge is 0.372 e. The van der Waals surface area contributed by atoms with Crippen LogP contribution in [0.2, 0.25) is 0 Å². The summed E-state index contributed by atoms with van der Waals surface area (Å²) in [7, 11) is 6.04. The highest BCUT2D eigenvalue weighted by molar-refractivity contribution is 5.97. The van der Waals surface area contributed by atoms with Crippen LogP contribution in [-0.4, -0.2) is 60.0 Å². The molecule has 0 saturated heterocycles. The second kappa shape index (κ2) is 10.7. The van der Waals surface area contributed by atoms with E-state index in [2.05, 4.69) is 35.4 Å². The van der Waals surface area contributed by atoms with Gasteiger partial charge in [0, 0.05) is 54.9 Å². The van der Waals surface area contributed by atoms with Crippen molar-refractivity contribution in [2.45, 2.75) is 20.3 Å². The molecule has 0 unspecified atom stereocenters. The summed E-state index contributed by atoms with van der Waals surface area (Å²) in [6.07, 6.45) is 3.30.